The number of rotatable bonds is 3. The van der Waals surface area contributed by atoms with E-state index < -0.39 is 27.4 Å². The molecule has 0 saturated heterocycles. The fourth-order valence-electron chi connectivity index (χ4n) is 3.33. The molecular weight excluding hydrogens is 388 g/mol. The first-order valence-electron chi connectivity index (χ1n) is 8.55. The number of hydrogen-bond acceptors (Lipinski definition) is 4. The minimum atomic E-state index is -3.20. The van der Waals surface area contributed by atoms with Crippen LogP contribution in [0.1, 0.15) is 12.0 Å². The standard InChI is InChI=1S/C19H17F2N3O3S/c1-28(26,27)23-8-6-13(7-9-23)12-2-4-15(5-3-12)24-18-14(11-22-24)10-16(20)19(25)17(18)21/h2-6,10-11,25H,7-9H2,1H3. The van der Waals surface area contributed by atoms with Gasteiger partial charge in [0.2, 0.25) is 10.0 Å². The summed E-state index contributed by atoms with van der Waals surface area (Å²) in [5, 5.41) is 13.9. The molecule has 2 aromatic carbocycles. The normalized spacial score (nSPS) is 15.8. The van der Waals surface area contributed by atoms with Crippen LogP contribution in [0.3, 0.4) is 0 Å². The lowest BCUT2D eigenvalue weighted by Crippen LogP contribution is -2.33. The Kier molecular flexibility index (Phi) is 4.43. The maximum atomic E-state index is 14.3. The number of halogens is 2. The Morgan fingerprint density at radius 1 is 1.18 bits per heavy atom. The molecule has 1 N–H and O–H groups in total. The van der Waals surface area contributed by atoms with Crippen molar-refractivity contribution < 1.29 is 22.3 Å². The highest BCUT2D eigenvalue weighted by Crippen LogP contribution is 2.31. The number of sulfonamides is 1. The zero-order valence-electron chi connectivity index (χ0n) is 14.9. The van der Waals surface area contributed by atoms with Crippen LogP contribution in [0.4, 0.5) is 8.78 Å². The predicted octanol–water partition coefficient (Wildman–Crippen LogP) is 3.06. The Morgan fingerprint density at radius 2 is 1.89 bits per heavy atom. The monoisotopic (exact) mass is 405 g/mol. The summed E-state index contributed by atoms with van der Waals surface area (Å²) in [6, 6.07) is 8.20. The smallest absolute Gasteiger partial charge is 0.211 e. The second-order valence-electron chi connectivity index (χ2n) is 6.66. The molecule has 0 aliphatic carbocycles. The van der Waals surface area contributed by atoms with Crippen LogP contribution in [-0.2, 0) is 10.0 Å². The minimum Gasteiger partial charge on any atom is -0.503 e. The Balaban J connectivity index is 1.66. The van der Waals surface area contributed by atoms with Crippen molar-refractivity contribution in [3.8, 4) is 11.4 Å². The summed E-state index contributed by atoms with van der Waals surface area (Å²) in [7, 11) is -3.20. The van der Waals surface area contributed by atoms with Crippen molar-refractivity contribution in [2.75, 3.05) is 19.3 Å². The third-order valence-corrected chi connectivity index (χ3v) is 6.12. The highest BCUT2D eigenvalue weighted by Gasteiger charge is 2.21. The Hall–Kier alpha value is -2.78. The van der Waals surface area contributed by atoms with E-state index in [-0.39, 0.29) is 10.9 Å². The molecule has 0 radical (unpaired) electrons. The third kappa shape index (κ3) is 3.16. The summed E-state index contributed by atoms with van der Waals surface area (Å²) in [4.78, 5) is 0. The predicted molar refractivity (Wildman–Crippen MR) is 102 cm³/mol. The number of aromatic hydroxyl groups is 1. The van der Waals surface area contributed by atoms with Gasteiger partial charge in [0.1, 0.15) is 5.52 Å². The average molecular weight is 405 g/mol. The molecule has 0 spiro atoms. The van der Waals surface area contributed by atoms with Gasteiger partial charge in [0.25, 0.3) is 0 Å². The van der Waals surface area contributed by atoms with E-state index in [9.17, 15) is 22.3 Å². The number of benzene rings is 2. The summed E-state index contributed by atoms with van der Waals surface area (Å²) < 4.78 is 53.7. The van der Waals surface area contributed by atoms with Crippen LogP contribution in [0.5, 0.6) is 5.75 Å². The van der Waals surface area contributed by atoms with Crippen molar-refractivity contribution in [3.63, 3.8) is 0 Å². The maximum absolute atomic E-state index is 14.3. The molecule has 2 heterocycles. The van der Waals surface area contributed by atoms with Gasteiger partial charge in [-0.1, -0.05) is 18.2 Å². The molecule has 3 aromatic rings. The molecule has 0 atom stereocenters. The molecule has 6 nitrogen and oxygen atoms in total. The SMILES string of the molecule is CS(=O)(=O)N1CC=C(c2ccc(-n3ncc4cc(F)c(O)c(F)c43)cc2)CC1. The van der Waals surface area contributed by atoms with Gasteiger partial charge in [-0.15, -0.1) is 0 Å². The minimum absolute atomic E-state index is 0.00711. The number of phenols is 1. The van der Waals surface area contributed by atoms with Gasteiger partial charge in [-0.05, 0) is 35.8 Å². The van der Waals surface area contributed by atoms with E-state index in [0.717, 1.165) is 17.2 Å². The zero-order chi connectivity index (χ0) is 20.1. The number of fused-ring (bicyclic) bond motifs is 1. The van der Waals surface area contributed by atoms with E-state index in [4.69, 9.17) is 0 Å². The fraction of sp³-hybridized carbons (Fsp3) is 0.211. The molecule has 1 aliphatic heterocycles. The molecule has 0 unspecified atom stereocenters. The van der Waals surface area contributed by atoms with Gasteiger partial charge >= 0.3 is 0 Å². The summed E-state index contributed by atoms with van der Waals surface area (Å²) >= 11 is 0. The Morgan fingerprint density at radius 3 is 2.50 bits per heavy atom. The second kappa shape index (κ2) is 6.68. The topological polar surface area (TPSA) is 75.4 Å². The first-order valence-corrected chi connectivity index (χ1v) is 10.4. The van der Waals surface area contributed by atoms with Gasteiger partial charge in [-0.2, -0.15) is 9.40 Å². The molecule has 28 heavy (non-hydrogen) atoms. The van der Waals surface area contributed by atoms with Crippen molar-refractivity contribution in [2.24, 2.45) is 0 Å². The van der Waals surface area contributed by atoms with Crippen LogP contribution in [0, 0.1) is 11.6 Å². The van der Waals surface area contributed by atoms with Crippen LogP contribution in [0.25, 0.3) is 22.2 Å². The van der Waals surface area contributed by atoms with Crippen molar-refractivity contribution in [1.29, 1.82) is 0 Å². The van der Waals surface area contributed by atoms with Gasteiger partial charge < -0.3 is 5.11 Å². The summed E-state index contributed by atoms with van der Waals surface area (Å²) in [5.41, 5.74) is 2.51. The molecule has 4 rings (SSSR count). The molecule has 0 bridgehead atoms. The summed E-state index contributed by atoms with van der Waals surface area (Å²) in [6.07, 6.45) is 5.00. The van der Waals surface area contributed by atoms with Gasteiger partial charge in [0, 0.05) is 18.5 Å². The number of nitrogens with zero attached hydrogens (tertiary/aromatic N) is 3. The quantitative estimate of drug-likeness (QED) is 0.727. The zero-order valence-corrected chi connectivity index (χ0v) is 15.7. The lowest BCUT2D eigenvalue weighted by Gasteiger charge is -2.24. The average Bonchev–Trinajstić information content (AvgIpc) is 3.09. The number of aromatic nitrogens is 2. The Bertz CT molecular complexity index is 1200. The fourth-order valence-corrected chi connectivity index (χ4v) is 4.10. The van der Waals surface area contributed by atoms with E-state index in [1.54, 1.807) is 12.1 Å². The van der Waals surface area contributed by atoms with Gasteiger partial charge in [0.15, 0.2) is 17.4 Å². The molecule has 1 aliphatic rings. The first-order chi connectivity index (χ1) is 13.3. The molecule has 0 amide bonds. The first kappa shape index (κ1) is 18.6. The van der Waals surface area contributed by atoms with Crippen molar-refractivity contribution in [3.05, 3.63) is 59.8 Å². The van der Waals surface area contributed by atoms with Crippen LogP contribution < -0.4 is 0 Å². The van der Waals surface area contributed by atoms with Crippen LogP contribution in [-0.4, -0.2) is 47.0 Å². The molecule has 0 saturated carbocycles. The molecule has 9 heteroatoms. The second-order valence-corrected chi connectivity index (χ2v) is 8.64. The maximum Gasteiger partial charge on any atom is 0.211 e. The lowest BCUT2D eigenvalue weighted by molar-refractivity contribution is 0.399. The Labute approximate surface area is 160 Å². The molecular formula is C19H17F2N3O3S. The van der Waals surface area contributed by atoms with Gasteiger partial charge in [-0.25, -0.2) is 21.9 Å². The molecule has 0 fully saturated rings. The van der Waals surface area contributed by atoms with E-state index in [1.807, 2.05) is 18.2 Å². The molecule has 1 aromatic heterocycles. The highest BCUT2D eigenvalue weighted by molar-refractivity contribution is 7.88. The summed E-state index contributed by atoms with van der Waals surface area (Å²) in [5.74, 6) is -3.13. The number of hydrogen-bond donors (Lipinski definition) is 1. The van der Waals surface area contributed by atoms with Crippen LogP contribution in [0.15, 0.2) is 42.6 Å². The lowest BCUT2D eigenvalue weighted by atomic mass is 10.00. The number of phenolic OH excluding ortho intramolecular Hbond substituents is 1. The van der Waals surface area contributed by atoms with Gasteiger partial charge in [0.05, 0.1) is 18.1 Å². The highest BCUT2D eigenvalue weighted by atomic mass is 32.2. The van der Waals surface area contributed by atoms with Gasteiger partial charge in [-0.3, -0.25) is 0 Å². The third-order valence-electron chi connectivity index (χ3n) is 4.85. The van der Waals surface area contributed by atoms with Crippen molar-refractivity contribution >= 4 is 26.5 Å². The molecule has 146 valence electrons. The van der Waals surface area contributed by atoms with E-state index in [2.05, 4.69) is 5.10 Å². The van der Waals surface area contributed by atoms with E-state index >= 15 is 0 Å². The van der Waals surface area contributed by atoms with E-state index in [1.165, 1.54) is 21.4 Å². The van der Waals surface area contributed by atoms with Crippen molar-refractivity contribution in [1.82, 2.24) is 14.1 Å². The van der Waals surface area contributed by atoms with Crippen molar-refractivity contribution in [2.45, 2.75) is 6.42 Å². The van der Waals surface area contributed by atoms with Crippen LogP contribution >= 0.6 is 0 Å². The summed E-state index contributed by atoms with van der Waals surface area (Å²) in [6.45, 7) is 0.752. The van der Waals surface area contributed by atoms with E-state index in [0.29, 0.717) is 25.2 Å². The largest absolute Gasteiger partial charge is 0.503 e. The van der Waals surface area contributed by atoms with Crippen LogP contribution in [0.2, 0.25) is 0 Å².